The van der Waals surface area contributed by atoms with E-state index in [1.165, 1.54) is 11.3 Å². The average Bonchev–Trinajstić information content (AvgIpc) is 3.36. The van der Waals surface area contributed by atoms with Crippen LogP contribution in [0.2, 0.25) is 0 Å². The number of carboxylic acids is 1. The van der Waals surface area contributed by atoms with Gasteiger partial charge in [0.1, 0.15) is 11.6 Å². The van der Waals surface area contributed by atoms with Crippen molar-refractivity contribution in [3.8, 4) is 5.75 Å². The molecule has 1 aliphatic heterocycles. The van der Waals surface area contributed by atoms with E-state index in [9.17, 15) is 19.4 Å². The van der Waals surface area contributed by atoms with E-state index in [-0.39, 0.29) is 17.9 Å². The molecule has 0 radical (unpaired) electrons. The standard InChI is InChI=1S/C25H29FN2O4S2/c1-32-17-5-6-21-18(13-17)24(20(26)14-27-21)22(29)7-4-16-8-9-28(15-19(16)25(30)31)10-12-34-23-3-2-11-33-23/h2-3,5-6,11,13-14,16,19,22,29H,4,7-10,12,15H2,1H3,(H,30,31)/p-1. The van der Waals surface area contributed by atoms with E-state index in [1.807, 2.05) is 11.4 Å². The number of thioether (sulfide) groups is 1. The number of fused-ring (bicyclic) bond motifs is 1. The predicted octanol–water partition coefficient (Wildman–Crippen LogP) is 3.74. The number of aromatic nitrogens is 1. The molecule has 6 nitrogen and oxygen atoms in total. The Hall–Kier alpha value is -2.20. The minimum Gasteiger partial charge on any atom is -0.550 e. The highest BCUT2D eigenvalue weighted by Gasteiger charge is 2.31. The molecule has 1 aliphatic rings. The Balaban J connectivity index is 1.38. The molecule has 0 saturated carbocycles. The summed E-state index contributed by atoms with van der Waals surface area (Å²) in [5.41, 5.74) is 0.745. The Labute approximate surface area is 206 Å². The van der Waals surface area contributed by atoms with Crippen LogP contribution in [0.4, 0.5) is 4.39 Å². The maximum absolute atomic E-state index is 14.7. The third-order valence-electron chi connectivity index (χ3n) is 6.50. The van der Waals surface area contributed by atoms with Gasteiger partial charge >= 0.3 is 0 Å². The molecule has 3 heterocycles. The maximum Gasteiger partial charge on any atom is 0.147 e. The number of pyridine rings is 1. The summed E-state index contributed by atoms with van der Waals surface area (Å²) >= 11 is 3.48. The average molecular weight is 504 g/mol. The van der Waals surface area contributed by atoms with Crippen LogP contribution in [-0.4, -0.2) is 53.5 Å². The molecule has 0 spiro atoms. The van der Waals surface area contributed by atoms with Crippen molar-refractivity contribution >= 4 is 40.0 Å². The van der Waals surface area contributed by atoms with Crippen molar-refractivity contribution in [3.63, 3.8) is 0 Å². The number of rotatable bonds is 10. The van der Waals surface area contributed by atoms with Crippen LogP contribution in [0.15, 0.2) is 46.1 Å². The molecule has 4 rings (SSSR count). The number of aliphatic hydroxyl groups excluding tert-OH is 1. The normalized spacial score (nSPS) is 19.9. The molecule has 182 valence electrons. The van der Waals surface area contributed by atoms with Crippen LogP contribution in [-0.2, 0) is 4.79 Å². The van der Waals surface area contributed by atoms with Gasteiger partial charge in [0.25, 0.3) is 0 Å². The second-order valence-electron chi connectivity index (χ2n) is 8.55. The smallest absolute Gasteiger partial charge is 0.147 e. The topological polar surface area (TPSA) is 85.7 Å². The monoisotopic (exact) mass is 503 g/mol. The number of carbonyl (C=O) groups is 1. The lowest BCUT2D eigenvalue weighted by Gasteiger charge is -2.39. The molecule has 1 aromatic carbocycles. The number of nitrogens with zero attached hydrogens (tertiary/aromatic N) is 2. The Morgan fingerprint density at radius 2 is 2.29 bits per heavy atom. The summed E-state index contributed by atoms with van der Waals surface area (Å²) in [4.78, 5) is 18.2. The van der Waals surface area contributed by atoms with Gasteiger partial charge in [0.2, 0.25) is 0 Å². The largest absolute Gasteiger partial charge is 0.550 e. The molecule has 1 fully saturated rings. The van der Waals surface area contributed by atoms with Crippen molar-refractivity contribution < 1.29 is 24.1 Å². The van der Waals surface area contributed by atoms with Crippen molar-refractivity contribution in [1.29, 1.82) is 0 Å². The van der Waals surface area contributed by atoms with E-state index in [0.29, 0.717) is 36.0 Å². The number of aliphatic hydroxyl groups is 1. The molecule has 3 atom stereocenters. The molecule has 3 aromatic rings. The number of aliphatic carboxylic acids is 1. The van der Waals surface area contributed by atoms with Crippen LogP contribution in [0.25, 0.3) is 10.9 Å². The minimum absolute atomic E-state index is 0.119. The van der Waals surface area contributed by atoms with Gasteiger partial charge in [-0.1, -0.05) is 6.07 Å². The van der Waals surface area contributed by atoms with Gasteiger partial charge in [-0.25, -0.2) is 4.39 Å². The summed E-state index contributed by atoms with van der Waals surface area (Å²) in [5.74, 6) is -0.905. The van der Waals surface area contributed by atoms with Gasteiger partial charge in [-0.15, -0.1) is 23.1 Å². The lowest BCUT2D eigenvalue weighted by Crippen LogP contribution is -2.49. The van der Waals surface area contributed by atoms with Gasteiger partial charge < -0.3 is 24.6 Å². The van der Waals surface area contributed by atoms with E-state index in [2.05, 4.69) is 16.0 Å². The van der Waals surface area contributed by atoms with E-state index in [4.69, 9.17) is 4.74 Å². The SMILES string of the molecule is COc1ccc2ncc(F)c(C(O)CCC3CCN(CCSc4cccs4)CC3C(=O)[O-])c2c1. The van der Waals surface area contributed by atoms with Gasteiger partial charge in [0, 0.05) is 41.7 Å². The van der Waals surface area contributed by atoms with Gasteiger partial charge in [-0.2, -0.15) is 0 Å². The van der Waals surface area contributed by atoms with E-state index in [1.54, 1.807) is 41.3 Å². The van der Waals surface area contributed by atoms with Crippen molar-refractivity contribution in [2.24, 2.45) is 11.8 Å². The second-order valence-corrected chi connectivity index (χ2v) is 10.9. The van der Waals surface area contributed by atoms with Crippen LogP contribution in [0, 0.1) is 17.7 Å². The molecule has 1 saturated heterocycles. The van der Waals surface area contributed by atoms with Crippen LogP contribution in [0.1, 0.15) is 30.9 Å². The summed E-state index contributed by atoms with van der Waals surface area (Å²) in [6, 6.07) is 9.24. The molecule has 0 aliphatic carbocycles. The Morgan fingerprint density at radius 1 is 1.44 bits per heavy atom. The number of piperidine rings is 1. The minimum atomic E-state index is -1.07. The first kappa shape index (κ1) is 24.9. The van der Waals surface area contributed by atoms with Crippen molar-refractivity contribution in [2.45, 2.75) is 29.6 Å². The molecule has 9 heteroatoms. The number of carbonyl (C=O) groups excluding carboxylic acids is 1. The first-order valence-corrected chi connectivity index (χ1v) is 13.2. The van der Waals surface area contributed by atoms with E-state index < -0.39 is 23.8 Å². The highest BCUT2D eigenvalue weighted by atomic mass is 32.2. The number of hydrogen-bond donors (Lipinski definition) is 1. The number of methoxy groups -OCH3 is 1. The molecular formula is C25H28FN2O4S2-. The highest BCUT2D eigenvalue weighted by Crippen LogP contribution is 2.35. The fourth-order valence-electron chi connectivity index (χ4n) is 4.65. The molecule has 34 heavy (non-hydrogen) atoms. The van der Waals surface area contributed by atoms with Crippen LogP contribution in [0.3, 0.4) is 0 Å². The second kappa shape index (κ2) is 11.5. The summed E-state index contributed by atoms with van der Waals surface area (Å²) in [6.45, 7) is 2.06. The van der Waals surface area contributed by atoms with Gasteiger partial charge in [0.05, 0.1) is 29.1 Å². The number of likely N-dealkylation sites (tertiary alicyclic amines) is 1. The number of thiophene rings is 1. The first-order chi connectivity index (χ1) is 16.5. The fourth-order valence-corrected chi connectivity index (χ4v) is 6.52. The summed E-state index contributed by atoms with van der Waals surface area (Å²) in [6.07, 6.45) is 1.49. The number of carboxylic acid groups (broad SMARTS) is 1. The number of halogens is 1. The number of hydrogen-bond acceptors (Lipinski definition) is 8. The Bertz CT molecular complexity index is 1110. The summed E-state index contributed by atoms with van der Waals surface area (Å²) < 4.78 is 21.2. The van der Waals surface area contributed by atoms with E-state index >= 15 is 0 Å². The predicted molar refractivity (Wildman–Crippen MR) is 131 cm³/mol. The van der Waals surface area contributed by atoms with Crippen LogP contribution >= 0.6 is 23.1 Å². The quantitative estimate of drug-likeness (QED) is 0.422. The molecule has 0 bridgehead atoms. The number of benzene rings is 1. The highest BCUT2D eigenvalue weighted by molar-refractivity contribution is 8.01. The van der Waals surface area contributed by atoms with Crippen LogP contribution < -0.4 is 9.84 Å². The molecule has 3 unspecified atom stereocenters. The molecular weight excluding hydrogens is 475 g/mol. The third kappa shape index (κ3) is 5.89. The Kier molecular flexibility index (Phi) is 8.41. The third-order valence-corrected chi connectivity index (χ3v) is 8.61. The fraction of sp³-hybridized carbons (Fsp3) is 0.440. The molecule has 1 N–H and O–H groups in total. The zero-order valence-corrected chi connectivity index (χ0v) is 20.6. The van der Waals surface area contributed by atoms with Gasteiger partial charge in [-0.05, 0) is 61.4 Å². The van der Waals surface area contributed by atoms with Crippen molar-refractivity contribution in [3.05, 3.63) is 53.3 Å². The Morgan fingerprint density at radius 3 is 3.03 bits per heavy atom. The lowest BCUT2D eigenvalue weighted by molar-refractivity contribution is -0.314. The lowest BCUT2D eigenvalue weighted by atomic mass is 9.81. The van der Waals surface area contributed by atoms with Crippen LogP contribution in [0.5, 0.6) is 5.75 Å². The summed E-state index contributed by atoms with van der Waals surface area (Å²) in [5, 5.41) is 25.3. The maximum atomic E-state index is 14.7. The molecule has 0 amide bonds. The zero-order chi connectivity index (χ0) is 24.1. The first-order valence-electron chi connectivity index (χ1n) is 11.4. The number of ether oxygens (including phenoxy) is 1. The molecule has 2 aromatic heterocycles. The van der Waals surface area contributed by atoms with E-state index in [0.717, 1.165) is 25.0 Å². The van der Waals surface area contributed by atoms with Crippen molar-refractivity contribution in [2.75, 3.05) is 32.5 Å². The zero-order valence-electron chi connectivity index (χ0n) is 19.0. The van der Waals surface area contributed by atoms with Gasteiger partial charge in [0.15, 0.2) is 0 Å². The summed E-state index contributed by atoms with van der Waals surface area (Å²) in [7, 11) is 1.53. The van der Waals surface area contributed by atoms with Crippen molar-refractivity contribution in [1.82, 2.24) is 9.88 Å². The van der Waals surface area contributed by atoms with Gasteiger partial charge in [-0.3, -0.25) is 4.98 Å².